The predicted octanol–water partition coefficient (Wildman–Crippen LogP) is 18.2. The molecule has 1 heterocycles. The van der Waals surface area contributed by atoms with Gasteiger partial charge in [-0.3, -0.25) is 0 Å². The van der Waals surface area contributed by atoms with Crippen molar-refractivity contribution in [2.24, 2.45) is 0 Å². The van der Waals surface area contributed by atoms with Crippen LogP contribution >= 0.6 is 0 Å². The fraction of sp³-hybridized carbons (Fsp3) is 0.206. The molecule has 0 saturated carbocycles. The standard InChI is InChI=1S/2C21H22.C14H16O.C7H8/c1-7-15-14(4)12-19-20(16(15)8-2)17-10-9-13(3)11-18(17)21(19,5)6;1-5-17(6-2)20(7-3)21-14-13-19(15-16(21)4)18-11-9-8-10-12-18;1-4-5-8-12-11(3)15-13-9-6-7-10(2)14(12)13;1-7-5-3-2-4-6-7/h7-12H,1-2H2,3-6H3;5,7-15H,1,3,6H2,2,4H3;4-5,7-8H,1,6,9H2,2-3H3;2-6H,1H3/b;20-17-;8-5-;. The molecule has 326 valence electrons. The summed E-state index contributed by atoms with van der Waals surface area (Å²) in [5, 5.41) is 0. The van der Waals surface area contributed by atoms with Gasteiger partial charge in [0.15, 0.2) is 0 Å². The fourth-order valence-electron chi connectivity index (χ4n) is 8.94. The Hall–Kier alpha value is -6.70. The number of fused-ring (bicyclic) bond motifs is 4. The van der Waals surface area contributed by atoms with Crippen molar-refractivity contribution in [1.29, 1.82) is 0 Å². The number of allylic oxidation sites excluding steroid dienone is 8. The van der Waals surface area contributed by atoms with Crippen molar-refractivity contribution >= 4 is 29.4 Å². The summed E-state index contributed by atoms with van der Waals surface area (Å²) in [6, 6.07) is 36.4. The van der Waals surface area contributed by atoms with Gasteiger partial charge >= 0.3 is 0 Å². The van der Waals surface area contributed by atoms with Gasteiger partial charge in [0.05, 0.1) is 0 Å². The summed E-state index contributed by atoms with van der Waals surface area (Å²) >= 11 is 0. The molecule has 0 N–H and O–H groups in total. The molecule has 64 heavy (non-hydrogen) atoms. The third kappa shape index (κ3) is 10.7. The number of hydrogen-bond donors (Lipinski definition) is 0. The molecule has 0 atom stereocenters. The number of benzene rings is 5. The van der Waals surface area contributed by atoms with E-state index in [0.29, 0.717) is 0 Å². The Labute approximate surface area is 386 Å². The molecule has 0 bridgehead atoms. The Morgan fingerprint density at radius 2 is 1.31 bits per heavy atom. The number of furan rings is 1. The first-order valence-corrected chi connectivity index (χ1v) is 22.5. The molecule has 0 fully saturated rings. The fourth-order valence-corrected chi connectivity index (χ4v) is 8.94. The molecule has 1 heteroatoms. The van der Waals surface area contributed by atoms with E-state index in [4.69, 9.17) is 4.42 Å². The van der Waals surface area contributed by atoms with Gasteiger partial charge in [-0.25, -0.2) is 0 Å². The molecule has 1 aromatic heterocycles. The van der Waals surface area contributed by atoms with Gasteiger partial charge in [0.1, 0.15) is 11.5 Å². The second-order valence-electron chi connectivity index (χ2n) is 17.2. The van der Waals surface area contributed by atoms with Crippen LogP contribution < -0.4 is 0 Å². The quantitative estimate of drug-likeness (QED) is 0.132. The summed E-state index contributed by atoms with van der Waals surface area (Å²) in [4.78, 5) is 0. The Morgan fingerprint density at radius 1 is 0.641 bits per heavy atom. The highest BCUT2D eigenvalue weighted by Crippen LogP contribution is 2.52. The van der Waals surface area contributed by atoms with Gasteiger partial charge in [-0.15, -0.1) is 0 Å². The average molecular weight is 841 g/mol. The van der Waals surface area contributed by atoms with Gasteiger partial charge in [-0.1, -0.05) is 217 Å². The monoisotopic (exact) mass is 841 g/mol. The molecule has 0 radical (unpaired) electrons. The highest BCUT2D eigenvalue weighted by molar-refractivity contribution is 5.91. The maximum absolute atomic E-state index is 5.78. The smallest absolute Gasteiger partial charge is 0.112 e. The van der Waals surface area contributed by atoms with Crippen LogP contribution in [0.4, 0.5) is 0 Å². The zero-order valence-corrected chi connectivity index (χ0v) is 40.0. The second-order valence-corrected chi connectivity index (χ2v) is 17.2. The van der Waals surface area contributed by atoms with E-state index < -0.39 is 0 Å². The van der Waals surface area contributed by atoms with Crippen LogP contribution in [0.2, 0.25) is 0 Å². The molecule has 0 spiro atoms. The van der Waals surface area contributed by atoms with Gasteiger partial charge in [0.2, 0.25) is 0 Å². The molecule has 0 amide bonds. The zero-order valence-electron chi connectivity index (χ0n) is 40.0. The van der Waals surface area contributed by atoms with Crippen LogP contribution in [0.3, 0.4) is 0 Å². The van der Waals surface area contributed by atoms with Crippen molar-refractivity contribution in [3.8, 4) is 22.3 Å². The Bertz CT molecular complexity index is 2740. The lowest BCUT2D eigenvalue weighted by atomic mass is 9.80. The lowest BCUT2D eigenvalue weighted by Gasteiger charge is -2.23. The lowest BCUT2D eigenvalue weighted by Crippen LogP contribution is -2.15. The molecule has 5 aromatic carbocycles. The number of rotatable bonds is 9. The van der Waals surface area contributed by atoms with E-state index in [9.17, 15) is 0 Å². The van der Waals surface area contributed by atoms with E-state index in [2.05, 4.69) is 179 Å². The van der Waals surface area contributed by atoms with Crippen molar-refractivity contribution in [1.82, 2.24) is 0 Å². The maximum Gasteiger partial charge on any atom is 0.112 e. The maximum atomic E-state index is 5.78. The Kier molecular flexibility index (Phi) is 16.7. The van der Waals surface area contributed by atoms with Crippen molar-refractivity contribution in [2.45, 2.75) is 87.0 Å². The van der Waals surface area contributed by atoms with Gasteiger partial charge in [-0.05, 0) is 132 Å². The van der Waals surface area contributed by atoms with Crippen molar-refractivity contribution in [2.75, 3.05) is 0 Å². The average Bonchev–Trinajstić information content (AvgIpc) is 3.74. The normalized spacial score (nSPS) is 13.1. The van der Waals surface area contributed by atoms with Gasteiger partial charge < -0.3 is 4.42 Å². The molecule has 8 rings (SSSR count). The van der Waals surface area contributed by atoms with Gasteiger partial charge in [0, 0.05) is 23.0 Å². The van der Waals surface area contributed by atoms with Crippen LogP contribution in [-0.4, -0.2) is 0 Å². The molecular weight excluding hydrogens is 773 g/mol. The van der Waals surface area contributed by atoms with Gasteiger partial charge in [0.25, 0.3) is 0 Å². The Balaban J connectivity index is 0.000000170. The van der Waals surface area contributed by atoms with E-state index in [0.717, 1.165) is 30.8 Å². The van der Waals surface area contributed by atoms with E-state index in [1.165, 1.54) is 100 Å². The minimum atomic E-state index is 0.0406. The molecule has 2 aliphatic carbocycles. The molecule has 6 aromatic rings. The van der Waals surface area contributed by atoms with Crippen molar-refractivity contribution < 1.29 is 4.42 Å². The highest BCUT2D eigenvalue weighted by atomic mass is 16.3. The van der Waals surface area contributed by atoms with Crippen LogP contribution in [0.15, 0.2) is 176 Å². The van der Waals surface area contributed by atoms with E-state index in [1.54, 1.807) is 6.08 Å². The van der Waals surface area contributed by atoms with Crippen LogP contribution in [-0.2, 0) is 11.8 Å². The SMILES string of the molecule is C=C/C(CC)=C(\C=C)c1ccc(-c2ccccc2)cc1C.C=C/C=C\c1c(C)oc2c1C(C)=CCC2.C=Cc1c(C)cc2c(c1C=C)-c1ccc(C)cc1C2(C)C.Cc1ccccc1. The van der Waals surface area contributed by atoms with Crippen LogP contribution in [0, 0.1) is 34.6 Å². The topological polar surface area (TPSA) is 13.1 Å². The largest absolute Gasteiger partial charge is 0.465 e. The lowest BCUT2D eigenvalue weighted by molar-refractivity contribution is 0.481. The van der Waals surface area contributed by atoms with Crippen LogP contribution in [0.5, 0.6) is 0 Å². The van der Waals surface area contributed by atoms with Gasteiger partial charge in [-0.2, -0.15) is 0 Å². The first-order valence-electron chi connectivity index (χ1n) is 22.5. The number of aryl methyl sites for hydroxylation is 6. The van der Waals surface area contributed by atoms with Crippen LogP contribution in [0.1, 0.15) is 113 Å². The minimum absolute atomic E-state index is 0.0406. The third-order valence-electron chi connectivity index (χ3n) is 12.4. The Morgan fingerprint density at radius 3 is 1.88 bits per heavy atom. The zero-order chi connectivity index (χ0) is 46.6. The third-order valence-corrected chi connectivity index (χ3v) is 12.4. The molecule has 0 saturated heterocycles. The summed E-state index contributed by atoms with van der Waals surface area (Å²) in [6.07, 6.45) is 19.0. The summed E-state index contributed by atoms with van der Waals surface area (Å²) in [6.45, 7) is 39.1. The summed E-state index contributed by atoms with van der Waals surface area (Å²) in [5.41, 5.74) is 23.1. The van der Waals surface area contributed by atoms with E-state index in [-0.39, 0.29) is 5.41 Å². The van der Waals surface area contributed by atoms with E-state index in [1.807, 2.05) is 61.6 Å². The molecule has 2 aliphatic rings. The highest BCUT2D eigenvalue weighted by Gasteiger charge is 2.37. The molecular formula is C63H68O. The first kappa shape index (κ1) is 48.3. The first-order chi connectivity index (χ1) is 30.7. The minimum Gasteiger partial charge on any atom is -0.465 e. The summed E-state index contributed by atoms with van der Waals surface area (Å²) < 4.78 is 5.78. The van der Waals surface area contributed by atoms with Crippen molar-refractivity contribution in [3.05, 3.63) is 245 Å². The van der Waals surface area contributed by atoms with Crippen LogP contribution in [0.25, 0.3) is 51.6 Å². The summed E-state index contributed by atoms with van der Waals surface area (Å²) in [7, 11) is 0. The van der Waals surface area contributed by atoms with Crippen molar-refractivity contribution in [3.63, 3.8) is 0 Å². The molecule has 1 nitrogen and oxygen atoms in total. The molecule has 0 aliphatic heterocycles. The summed E-state index contributed by atoms with van der Waals surface area (Å²) in [5.74, 6) is 2.14. The predicted molar refractivity (Wildman–Crippen MR) is 284 cm³/mol. The van der Waals surface area contributed by atoms with E-state index >= 15 is 0 Å². The number of hydrogen-bond acceptors (Lipinski definition) is 1. The second kappa shape index (κ2) is 22.1. The molecule has 0 unspecified atom stereocenters.